The van der Waals surface area contributed by atoms with Crippen molar-refractivity contribution in [1.29, 1.82) is 0 Å². The van der Waals surface area contributed by atoms with Crippen molar-refractivity contribution >= 4 is 45.6 Å². The normalized spacial score (nSPS) is 14.2. The number of nitrogens with one attached hydrogen (secondary N) is 1. The van der Waals surface area contributed by atoms with E-state index in [-0.39, 0.29) is 30.5 Å². The standard InChI is InChI=1S/C32H30FN3O4/c1-5-40-31(39)26-18-35(30(38)21-11-13-22(33)14-12-21)19-32(3,4)28-25-17-24(15-16-27(25)34-29(26)28)36(20(2)37)23-9-7-6-8-10-23/h6-18,34H,5,19H2,1-4H3. The molecule has 0 spiro atoms. The maximum atomic E-state index is 13.5. The summed E-state index contributed by atoms with van der Waals surface area (Å²) in [5.41, 5.74) is 3.45. The van der Waals surface area contributed by atoms with E-state index in [9.17, 15) is 18.8 Å². The highest BCUT2D eigenvalue weighted by Crippen LogP contribution is 2.42. The van der Waals surface area contributed by atoms with Crippen LogP contribution in [-0.4, -0.2) is 40.8 Å². The number of fused-ring (bicyclic) bond motifs is 3. The number of amides is 2. The highest BCUT2D eigenvalue weighted by atomic mass is 19.1. The topological polar surface area (TPSA) is 82.7 Å². The molecular formula is C32H30FN3O4. The van der Waals surface area contributed by atoms with Crippen molar-refractivity contribution < 1.29 is 23.5 Å². The number of hydrogen-bond donors (Lipinski definition) is 1. The summed E-state index contributed by atoms with van der Waals surface area (Å²) >= 11 is 0. The third-order valence-corrected chi connectivity index (χ3v) is 7.01. The summed E-state index contributed by atoms with van der Waals surface area (Å²) in [6.45, 7) is 7.64. The third kappa shape index (κ3) is 4.88. The van der Waals surface area contributed by atoms with E-state index in [0.29, 0.717) is 16.9 Å². The summed E-state index contributed by atoms with van der Waals surface area (Å²) in [6, 6.07) is 20.4. The maximum absolute atomic E-state index is 13.5. The second kappa shape index (κ2) is 10.4. The molecule has 0 atom stereocenters. The molecule has 1 aliphatic heterocycles. The zero-order valence-electron chi connectivity index (χ0n) is 22.8. The number of halogens is 1. The van der Waals surface area contributed by atoms with Crippen molar-refractivity contribution in [2.24, 2.45) is 0 Å². The molecule has 8 heteroatoms. The maximum Gasteiger partial charge on any atom is 0.341 e. The SMILES string of the molecule is CCOC(=O)C1=CN(C(=O)c2ccc(F)cc2)CC(C)(C)c2c1[nH]c1ccc(N(C(C)=O)c3ccccc3)cc21. The predicted molar refractivity (Wildman–Crippen MR) is 153 cm³/mol. The Kier molecular flexibility index (Phi) is 7.02. The number of anilines is 2. The molecule has 2 heterocycles. The number of H-pyrrole nitrogens is 1. The van der Waals surface area contributed by atoms with Gasteiger partial charge in [0.25, 0.3) is 5.91 Å². The smallest absolute Gasteiger partial charge is 0.341 e. The Morgan fingerprint density at radius 1 is 1.00 bits per heavy atom. The third-order valence-electron chi connectivity index (χ3n) is 7.01. The molecule has 5 rings (SSSR count). The van der Waals surface area contributed by atoms with Gasteiger partial charge in [-0.25, -0.2) is 9.18 Å². The number of hydrogen-bond acceptors (Lipinski definition) is 4. The van der Waals surface area contributed by atoms with E-state index in [1.54, 1.807) is 11.8 Å². The monoisotopic (exact) mass is 539 g/mol. The molecule has 0 fully saturated rings. The van der Waals surface area contributed by atoms with E-state index in [1.165, 1.54) is 42.3 Å². The average molecular weight is 540 g/mol. The zero-order chi connectivity index (χ0) is 28.6. The van der Waals surface area contributed by atoms with Crippen LogP contribution in [0, 0.1) is 5.82 Å². The van der Waals surface area contributed by atoms with Crippen molar-refractivity contribution in [3.8, 4) is 0 Å². The number of esters is 1. The number of aromatic nitrogens is 1. The fourth-order valence-electron chi connectivity index (χ4n) is 5.34. The summed E-state index contributed by atoms with van der Waals surface area (Å²) in [5.74, 6) is -1.52. The van der Waals surface area contributed by atoms with E-state index in [4.69, 9.17) is 4.74 Å². The van der Waals surface area contributed by atoms with Crippen LogP contribution >= 0.6 is 0 Å². The Balaban J connectivity index is 1.68. The van der Waals surface area contributed by atoms with Crippen LogP contribution in [0.25, 0.3) is 16.5 Å². The minimum atomic E-state index is -0.638. The molecule has 0 bridgehead atoms. The number of ether oxygens (including phenoxy) is 1. The molecule has 40 heavy (non-hydrogen) atoms. The lowest BCUT2D eigenvalue weighted by atomic mass is 9.81. The van der Waals surface area contributed by atoms with Crippen molar-refractivity contribution in [3.05, 3.63) is 102 Å². The molecule has 0 unspecified atom stereocenters. The van der Waals surface area contributed by atoms with E-state index >= 15 is 0 Å². The number of carbonyl (C=O) groups excluding carboxylic acids is 3. The van der Waals surface area contributed by atoms with E-state index < -0.39 is 17.2 Å². The first-order chi connectivity index (χ1) is 19.1. The van der Waals surface area contributed by atoms with Crippen LogP contribution < -0.4 is 4.90 Å². The molecule has 1 N–H and O–H groups in total. The summed E-state index contributed by atoms with van der Waals surface area (Å²) in [5, 5.41) is 0.825. The average Bonchev–Trinajstić information content (AvgIpc) is 3.26. The summed E-state index contributed by atoms with van der Waals surface area (Å²) in [7, 11) is 0. The van der Waals surface area contributed by atoms with Crippen molar-refractivity contribution in [2.45, 2.75) is 33.1 Å². The van der Waals surface area contributed by atoms with Gasteiger partial charge < -0.3 is 14.6 Å². The zero-order valence-corrected chi connectivity index (χ0v) is 22.8. The minimum Gasteiger partial charge on any atom is -0.462 e. The number of nitrogens with zero attached hydrogens (tertiary/aromatic N) is 2. The lowest BCUT2D eigenvalue weighted by Crippen LogP contribution is -2.37. The van der Waals surface area contributed by atoms with Crippen molar-refractivity contribution in [3.63, 3.8) is 0 Å². The van der Waals surface area contributed by atoms with Gasteiger partial charge in [0.15, 0.2) is 0 Å². The molecule has 0 saturated heterocycles. The molecule has 4 aromatic rings. The largest absolute Gasteiger partial charge is 0.462 e. The highest BCUT2D eigenvalue weighted by molar-refractivity contribution is 6.18. The predicted octanol–water partition coefficient (Wildman–Crippen LogP) is 6.33. The van der Waals surface area contributed by atoms with Crippen LogP contribution in [0.4, 0.5) is 15.8 Å². The van der Waals surface area contributed by atoms with E-state index in [1.807, 2.05) is 62.4 Å². The molecule has 0 aliphatic carbocycles. The van der Waals surface area contributed by atoms with Gasteiger partial charge in [-0.2, -0.15) is 0 Å². The first-order valence-corrected chi connectivity index (χ1v) is 13.1. The van der Waals surface area contributed by atoms with Gasteiger partial charge in [0, 0.05) is 52.9 Å². The molecule has 0 radical (unpaired) electrons. The second-order valence-electron chi connectivity index (χ2n) is 10.4. The molecule has 1 aliphatic rings. The van der Waals surface area contributed by atoms with Gasteiger partial charge in [0.2, 0.25) is 5.91 Å². The van der Waals surface area contributed by atoms with Crippen LogP contribution in [0.2, 0.25) is 0 Å². The molecular weight excluding hydrogens is 509 g/mol. The Bertz CT molecular complexity index is 1640. The van der Waals surface area contributed by atoms with Crippen LogP contribution in [-0.2, 0) is 19.7 Å². The lowest BCUT2D eigenvalue weighted by molar-refractivity contribution is -0.136. The van der Waals surface area contributed by atoms with Gasteiger partial charge in [-0.15, -0.1) is 0 Å². The Morgan fingerprint density at radius 3 is 2.35 bits per heavy atom. The van der Waals surface area contributed by atoms with Crippen LogP contribution in [0.1, 0.15) is 49.3 Å². The van der Waals surface area contributed by atoms with Crippen LogP contribution in [0.3, 0.4) is 0 Å². The van der Waals surface area contributed by atoms with Crippen molar-refractivity contribution in [1.82, 2.24) is 9.88 Å². The first-order valence-electron chi connectivity index (χ1n) is 13.1. The Hall–Kier alpha value is -4.72. The van der Waals surface area contributed by atoms with Gasteiger partial charge in [-0.3, -0.25) is 14.5 Å². The summed E-state index contributed by atoms with van der Waals surface area (Å²) in [4.78, 5) is 46.0. The van der Waals surface area contributed by atoms with Gasteiger partial charge in [0.1, 0.15) is 5.82 Å². The summed E-state index contributed by atoms with van der Waals surface area (Å²) < 4.78 is 18.9. The number of aromatic amines is 1. The Morgan fingerprint density at radius 2 is 1.70 bits per heavy atom. The van der Waals surface area contributed by atoms with Crippen molar-refractivity contribution in [2.75, 3.05) is 18.1 Å². The van der Waals surface area contributed by atoms with Gasteiger partial charge >= 0.3 is 5.97 Å². The molecule has 3 aromatic carbocycles. The van der Waals surface area contributed by atoms with Crippen LogP contribution in [0.15, 0.2) is 79.0 Å². The van der Waals surface area contributed by atoms with Gasteiger partial charge in [-0.05, 0) is 67.1 Å². The fraction of sp³-hybridized carbons (Fsp3) is 0.219. The van der Waals surface area contributed by atoms with E-state index in [2.05, 4.69) is 4.98 Å². The number of rotatable bonds is 5. The quantitative estimate of drug-likeness (QED) is 0.301. The number of benzene rings is 3. The van der Waals surface area contributed by atoms with Crippen LogP contribution in [0.5, 0.6) is 0 Å². The number of carbonyl (C=O) groups is 3. The molecule has 0 saturated carbocycles. The van der Waals surface area contributed by atoms with Gasteiger partial charge in [-0.1, -0.05) is 32.0 Å². The lowest BCUT2D eigenvalue weighted by Gasteiger charge is -2.30. The summed E-state index contributed by atoms with van der Waals surface area (Å²) in [6.07, 6.45) is 1.51. The minimum absolute atomic E-state index is 0.144. The second-order valence-corrected chi connectivity index (χ2v) is 10.4. The molecule has 2 amide bonds. The molecule has 1 aromatic heterocycles. The Labute approximate surface area is 231 Å². The number of para-hydroxylation sites is 1. The van der Waals surface area contributed by atoms with E-state index in [0.717, 1.165) is 22.2 Å². The first kappa shape index (κ1) is 26.9. The molecule has 7 nitrogen and oxygen atoms in total. The molecule has 204 valence electrons. The fourth-order valence-corrected chi connectivity index (χ4v) is 5.34. The van der Waals surface area contributed by atoms with Gasteiger partial charge in [0.05, 0.1) is 17.9 Å². The highest BCUT2D eigenvalue weighted by Gasteiger charge is 2.37.